The highest BCUT2D eigenvalue weighted by atomic mass is 32.1. The minimum Gasteiger partial charge on any atom is -0.464 e. The van der Waals surface area contributed by atoms with Crippen molar-refractivity contribution in [2.24, 2.45) is 7.05 Å². The monoisotopic (exact) mass is 412 g/mol. The second-order valence-corrected chi connectivity index (χ2v) is 8.35. The first kappa shape index (κ1) is 19.6. The molecule has 0 atom stereocenters. The van der Waals surface area contributed by atoms with E-state index in [4.69, 9.17) is 9.72 Å². The van der Waals surface area contributed by atoms with Gasteiger partial charge < -0.3 is 10.1 Å². The summed E-state index contributed by atoms with van der Waals surface area (Å²) in [5, 5.41) is 10.2. The summed E-state index contributed by atoms with van der Waals surface area (Å²) in [4.78, 5) is 31.8. The summed E-state index contributed by atoms with van der Waals surface area (Å²) in [7, 11) is 1.82. The molecule has 1 fully saturated rings. The molecule has 1 aliphatic rings. The smallest absolute Gasteiger partial charge is 0.331 e. The van der Waals surface area contributed by atoms with Gasteiger partial charge >= 0.3 is 5.97 Å². The summed E-state index contributed by atoms with van der Waals surface area (Å²) in [6, 6.07) is 5.72. The van der Waals surface area contributed by atoms with Gasteiger partial charge in [0.25, 0.3) is 5.91 Å². The van der Waals surface area contributed by atoms with Crippen LogP contribution in [0, 0.1) is 6.92 Å². The van der Waals surface area contributed by atoms with Crippen molar-refractivity contribution in [3.8, 4) is 10.6 Å². The van der Waals surface area contributed by atoms with Gasteiger partial charge in [0.1, 0.15) is 5.54 Å². The normalized spacial score (nSPS) is 15.6. The SMILES string of the molecule is CCOC(=O)C1(NC(=O)c2cc(-c3cccs3)nc3c2c(C)nn3C)CCCC1. The van der Waals surface area contributed by atoms with Crippen LogP contribution in [0.4, 0.5) is 0 Å². The predicted molar refractivity (Wildman–Crippen MR) is 112 cm³/mol. The highest BCUT2D eigenvalue weighted by Gasteiger charge is 2.44. The van der Waals surface area contributed by atoms with Crippen molar-refractivity contribution in [3.05, 3.63) is 34.8 Å². The molecule has 1 aliphatic carbocycles. The van der Waals surface area contributed by atoms with Crippen molar-refractivity contribution in [1.82, 2.24) is 20.1 Å². The molecular formula is C21H24N4O3S. The van der Waals surface area contributed by atoms with Crippen molar-refractivity contribution < 1.29 is 14.3 Å². The third-order valence-electron chi connectivity index (χ3n) is 5.46. The zero-order valence-corrected chi connectivity index (χ0v) is 17.6. The Morgan fingerprint density at radius 3 is 2.76 bits per heavy atom. The standard InChI is InChI=1S/C21H24N4O3S/c1-4-28-20(27)21(9-5-6-10-21)23-19(26)14-12-15(16-8-7-11-29-16)22-18-17(14)13(2)24-25(18)3/h7-8,11-12H,4-6,9-10H2,1-3H3,(H,23,26). The number of nitrogens with zero attached hydrogens (tertiary/aromatic N) is 3. The van der Waals surface area contributed by atoms with Crippen LogP contribution in [0.15, 0.2) is 23.6 Å². The van der Waals surface area contributed by atoms with E-state index in [-0.39, 0.29) is 11.9 Å². The van der Waals surface area contributed by atoms with E-state index in [0.717, 1.165) is 29.1 Å². The first-order valence-electron chi connectivity index (χ1n) is 9.83. The maximum atomic E-state index is 13.4. The number of pyridine rings is 1. The first-order chi connectivity index (χ1) is 13.9. The summed E-state index contributed by atoms with van der Waals surface area (Å²) in [5.74, 6) is -0.640. The van der Waals surface area contributed by atoms with Crippen LogP contribution in [-0.2, 0) is 16.6 Å². The van der Waals surface area contributed by atoms with Crippen molar-refractivity contribution in [2.45, 2.75) is 45.1 Å². The van der Waals surface area contributed by atoms with Gasteiger partial charge in [-0.3, -0.25) is 9.48 Å². The van der Waals surface area contributed by atoms with Crippen molar-refractivity contribution >= 4 is 34.2 Å². The molecule has 0 aromatic carbocycles. The van der Waals surface area contributed by atoms with Crippen molar-refractivity contribution in [2.75, 3.05) is 6.61 Å². The zero-order valence-electron chi connectivity index (χ0n) is 16.8. The Balaban J connectivity index is 1.80. The highest BCUT2D eigenvalue weighted by molar-refractivity contribution is 7.13. The lowest BCUT2D eigenvalue weighted by molar-refractivity contribution is -0.150. The molecule has 1 N–H and O–H groups in total. The van der Waals surface area contributed by atoms with Gasteiger partial charge in [-0.05, 0) is 44.2 Å². The molecule has 1 amide bonds. The Morgan fingerprint density at radius 2 is 2.10 bits per heavy atom. The van der Waals surface area contributed by atoms with Crippen LogP contribution in [0.2, 0.25) is 0 Å². The van der Waals surface area contributed by atoms with E-state index in [2.05, 4.69) is 10.4 Å². The number of carbonyl (C=O) groups excluding carboxylic acids is 2. The van der Waals surface area contributed by atoms with Crippen LogP contribution in [0.5, 0.6) is 0 Å². The molecule has 8 heteroatoms. The maximum Gasteiger partial charge on any atom is 0.331 e. The molecule has 0 unspecified atom stereocenters. The largest absolute Gasteiger partial charge is 0.464 e. The number of aryl methyl sites for hydroxylation is 2. The maximum absolute atomic E-state index is 13.4. The summed E-state index contributed by atoms with van der Waals surface area (Å²) >= 11 is 1.56. The number of aromatic nitrogens is 3. The van der Waals surface area contributed by atoms with Gasteiger partial charge in [-0.25, -0.2) is 9.78 Å². The van der Waals surface area contributed by atoms with Gasteiger partial charge in [0.15, 0.2) is 5.65 Å². The quantitative estimate of drug-likeness (QED) is 0.647. The summed E-state index contributed by atoms with van der Waals surface area (Å²) in [6.45, 7) is 3.93. The number of fused-ring (bicyclic) bond motifs is 1. The van der Waals surface area contributed by atoms with E-state index in [1.165, 1.54) is 0 Å². The fraction of sp³-hybridized carbons (Fsp3) is 0.429. The number of esters is 1. The second kappa shape index (κ2) is 7.59. The van der Waals surface area contributed by atoms with E-state index in [1.807, 2.05) is 31.5 Å². The number of rotatable bonds is 5. The average Bonchev–Trinajstić information content (AvgIpc) is 3.44. The Bertz CT molecular complexity index is 1070. The molecule has 0 spiro atoms. The number of carbonyl (C=O) groups is 2. The lowest BCUT2D eigenvalue weighted by Crippen LogP contribution is -2.53. The number of amides is 1. The summed E-state index contributed by atoms with van der Waals surface area (Å²) < 4.78 is 6.97. The van der Waals surface area contributed by atoms with Gasteiger partial charge in [0, 0.05) is 7.05 Å². The number of nitrogens with one attached hydrogen (secondary N) is 1. The first-order valence-corrected chi connectivity index (χ1v) is 10.7. The van der Waals surface area contributed by atoms with E-state index in [9.17, 15) is 9.59 Å². The van der Waals surface area contributed by atoms with Crippen molar-refractivity contribution in [1.29, 1.82) is 0 Å². The molecule has 0 radical (unpaired) electrons. The third-order valence-corrected chi connectivity index (χ3v) is 6.36. The molecule has 0 aliphatic heterocycles. The van der Waals surface area contributed by atoms with E-state index in [0.29, 0.717) is 36.0 Å². The lowest BCUT2D eigenvalue weighted by Gasteiger charge is -2.28. The molecule has 7 nitrogen and oxygen atoms in total. The molecule has 3 aromatic heterocycles. The van der Waals surface area contributed by atoms with Gasteiger partial charge in [-0.1, -0.05) is 18.9 Å². The fourth-order valence-corrected chi connectivity index (χ4v) is 4.77. The Hall–Kier alpha value is -2.74. The van der Waals surface area contributed by atoms with Gasteiger partial charge in [-0.2, -0.15) is 5.10 Å². The molecule has 4 rings (SSSR count). The molecule has 3 heterocycles. The number of hydrogen-bond donors (Lipinski definition) is 1. The van der Waals surface area contributed by atoms with Crippen LogP contribution in [-0.4, -0.2) is 38.8 Å². The van der Waals surface area contributed by atoms with Gasteiger partial charge in [0.2, 0.25) is 0 Å². The Morgan fingerprint density at radius 1 is 1.34 bits per heavy atom. The fourth-order valence-electron chi connectivity index (χ4n) is 4.09. The molecule has 1 saturated carbocycles. The van der Waals surface area contributed by atoms with Crippen molar-refractivity contribution in [3.63, 3.8) is 0 Å². The number of thiophene rings is 1. The Labute approximate surface area is 173 Å². The molecule has 0 saturated heterocycles. The van der Waals surface area contributed by atoms with Crippen LogP contribution < -0.4 is 5.32 Å². The third kappa shape index (κ3) is 3.42. The topological polar surface area (TPSA) is 86.1 Å². The average molecular weight is 413 g/mol. The number of ether oxygens (including phenoxy) is 1. The van der Waals surface area contributed by atoms with E-state index in [1.54, 1.807) is 29.0 Å². The molecule has 29 heavy (non-hydrogen) atoms. The molecule has 152 valence electrons. The number of hydrogen-bond acceptors (Lipinski definition) is 6. The zero-order chi connectivity index (χ0) is 20.6. The Kier molecular flexibility index (Phi) is 5.12. The minimum atomic E-state index is -0.956. The predicted octanol–water partition coefficient (Wildman–Crippen LogP) is 3.61. The summed E-state index contributed by atoms with van der Waals surface area (Å²) in [6.07, 6.45) is 2.96. The molecule has 3 aromatic rings. The molecule has 0 bridgehead atoms. The van der Waals surface area contributed by atoms with Crippen LogP contribution in [0.3, 0.4) is 0 Å². The second-order valence-electron chi connectivity index (χ2n) is 7.40. The van der Waals surface area contributed by atoms with Gasteiger partial charge in [-0.15, -0.1) is 11.3 Å². The lowest BCUT2D eigenvalue weighted by atomic mass is 9.96. The minimum absolute atomic E-state index is 0.291. The van der Waals surface area contributed by atoms with E-state index >= 15 is 0 Å². The molecular weight excluding hydrogens is 388 g/mol. The van der Waals surface area contributed by atoms with Crippen LogP contribution in [0.1, 0.15) is 48.7 Å². The van der Waals surface area contributed by atoms with Crippen LogP contribution in [0.25, 0.3) is 21.6 Å². The summed E-state index contributed by atoms with van der Waals surface area (Å²) in [5.41, 5.74) is 1.63. The van der Waals surface area contributed by atoms with E-state index < -0.39 is 5.54 Å². The van der Waals surface area contributed by atoms with Crippen LogP contribution >= 0.6 is 11.3 Å². The highest BCUT2D eigenvalue weighted by Crippen LogP contribution is 2.33. The van der Waals surface area contributed by atoms with Gasteiger partial charge in [0.05, 0.1) is 33.8 Å².